The lowest BCUT2D eigenvalue weighted by Crippen LogP contribution is -2.45. The summed E-state index contributed by atoms with van der Waals surface area (Å²) in [5.41, 5.74) is 0. The van der Waals surface area contributed by atoms with Crippen molar-refractivity contribution in [2.45, 2.75) is 11.3 Å². The van der Waals surface area contributed by atoms with Crippen LogP contribution in [0.15, 0.2) is 9.75 Å². The van der Waals surface area contributed by atoms with Crippen LogP contribution in [0.2, 0.25) is 0 Å². The molecule has 8 heteroatoms. The Bertz CT molecular complexity index is 425. The molecule has 1 aliphatic heterocycles. The topological polar surface area (TPSA) is 82.7 Å². The lowest BCUT2D eigenvalue weighted by atomic mass is 10.2. The van der Waals surface area contributed by atoms with Gasteiger partial charge < -0.3 is 14.5 Å². The fourth-order valence-corrected chi connectivity index (χ4v) is 2.32. The van der Waals surface area contributed by atoms with Crippen molar-refractivity contribution >= 4 is 17.7 Å². The van der Waals surface area contributed by atoms with Gasteiger partial charge in [0.1, 0.15) is 5.75 Å². The van der Waals surface area contributed by atoms with Crippen LogP contribution in [0, 0.1) is 0 Å². The Morgan fingerprint density at radius 2 is 2.33 bits per heavy atom. The van der Waals surface area contributed by atoms with Crippen molar-refractivity contribution in [2.75, 3.05) is 39.5 Å². The van der Waals surface area contributed by atoms with E-state index in [4.69, 9.17) is 9.63 Å². The average Bonchev–Trinajstić information content (AvgIpc) is 2.78. The highest BCUT2D eigenvalue weighted by Crippen LogP contribution is 2.23. The number of aliphatic carboxylic acids is 1. The van der Waals surface area contributed by atoms with Crippen molar-refractivity contribution < 1.29 is 14.4 Å². The molecule has 7 nitrogen and oxygen atoms in total. The molecule has 1 atom stereocenters. The van der Waals surface area contributed by atoms with E-state index in [9.17, 15) is 4.79 Å². The molecular formula is C10H16N4O3S. The summed E-state index contributed by atoms with van der Waals surface area (Å²) in [5.74, 6) is -0.339. The van der Waals surface area contributed by atoms with Crippen molar-refractivity contribution in [3.05, 3.63) is 5.82 Å². The highest BCUT2D eigenvalue weighted by atomic mass is 32.2. The minimum absolute atomic E-state index is 0.0674. The first-order valence-corrected chi connectivity index (χ1v) is 6.62. The van der Waals surface area contributed by atoms with Gasteiger partial charge in [-0.25, -0.2) is 0 Å². The van der Waals surface area contributed by atoms with Gasteiger partial charge in [-0.05, 0) is 14.1 Å². The van der Waals surface area contributed by atoms with E-state index in [1.807, 2.05) is 7.05 Å². The van der Waals surface area contributed by atoms with Gasteiger partial charge in [-0.2, -0.15) is 4.98 Å². The monoisotopic (exact) mass is 272 g/mol. The predicted octanol–water partition coefficient (Wildman–Crippen LogP) is 0.165. The van der Waals surface area contributed by atoms with Gasteiger partial charge in [-0.15, -0.1) is 0 Å². The Labute approximate surface area is 109 Å². The maximum atomic E-state index is 10.5. The molecule has 2 rings (SSSR count). The van der Waals surface area contributed by atoms with E-state index in [1.54, 1.807) is 0 Å². The van der Waals surface area contributed by atoms with Crippen LogP contribution in [0.3, 0.4) is 0 Å². The molecule has 0 aromatic carbocycles. The Balaban J connectivity index is 2.02. The molecule has 0 spiro atoms. The molecule has 0 aliphatic carbocycles. The van der Waals surface area contributed by atoms with E-state index in [2.05, 4.69) is 27.0 Å². The molecule has 1 N–H and O–H groups in total. The highest BCUT2D eigenvalue weighted by molar-refractivity contribution is 7.99. The summed E-state index contributed by atoms with van der Waals surface area (Å²) in [4.78, 5) is 19.1. The third kappa shape index (κ3) is 3.21. The second-order valence-electron chi connectivity index (χ2n) is 4.36. The van der Waals surface area contributed by atoms with Gasteiger partial charge in [-0.3, -0.25) is 9.69 Å². The fourth-order valence-electron chi connectivity index (χ4n) is 1.83. The molecule has 0 amide bonds. The lowest BCUT2D eigenvalue weighted by Gasteiger charge is -2.35. The number of thioether (sulfide) groups is 1. The summed E-state index contributed by atoms with van der Waals surface area (Å²) in [7, 11) is 4.08. The maximum Gasteiger partial charge on any atom is 0.314 e. The van der Waals surface area contributed by atoms with E-state index < -0.39 is 5.97 Å². The van der Waals surface area contributed by atoms with Crippen molar-refractivity contribution in [2.24, 2.45) is 0 Å². The Morgan fingerprint density at radius 3 is 3.06 bits per heavy atom. The van der Waals surface area contributed by atoms with E-state index in [-0.39, 0.29) is 11.8 Å². The number of carboxylic acid groups (broad SMARTS) is 1. The number of nitrogens with zero attached hydrogens (tertiary/aromatic N) is 4. The van der Waals surface area contributed by atoms with Gasteiger partial charge in [0, 0.05) is 19.6 Å². The van der Waals surface area contributed by atoms with Crippen molar-refractivity contribution in [3.63, 3.8) is 0 Å². The van der Waals surface area contributed by atoms with Crippen molar-refractivity contribution in [3.8, 4) is 0 Å². The van der Waals surface area contributed by atoms with Crippen LogP contribution in [-0.4, -0.2) is 70.5 Å². The number of likely N-dealkylation sites (N-methyl/N-ethyl adjacent to an activating group) is 2. The third-order valence-electron chi connectivity index (χ3n) is 2.89. The Morgan fingerprint density at radius 1 is 1.56 bits per heavy atom. The fraction of sp³-hybridized carbons (Fsp3) is 0.700. The Kier molecular flexibility index (Phi) is 4.20. The van der Waals surface area contributed by atoms with Crippen LogP contribution in [0.5, 0.6) is 0 Å². The molecule has 1 aliphatic rings. The molecular weight excluding hydrogens is 256 g/mol. The molecule has 18 heavy (non-hydrogen) atoms. The number of hydrogen-bond donors (Lipinski definition) is 1. The van der Waals surface area contributed by atoms with Crippen LogP contribution in [0.1, 0.15) is 11.9 Å². The number of piperazine rings is 1. The third-order valence-corrected chi connectivity index (χ3v) is 3.70. The van der Waals surface area contributed by atoms with Gasteiger partial charge in [0.15, 0.2) is 5.82 Å². The summed E-state index contributed by atoms with van der Waals surface area (Å²) in [6.45, 7) is 2.82. The summed E-state index contributed by atoms with van der Waals surface area (Å²) in [6, 6.07) is 0.103. The van der Waals surface area contributed by atoms with Gasteiger partial charge >= 0.3 is 5.97 Å². The highest BCUT2D eigenvalue weighted by Gasteiger charge is 2.27. The summed E-state index contributed by atoms with van der Waals surface area (Å²) in [6.07, 6.45) is 0. The number of carbonyl (C=O) groups is 1. The van der Waals surface area contributed by atoms with Gasteiger partial charge in [0.25, 0.3) is 5.22 Å². The second kappa shape index (κ2) is 5.68. The molecule has 100 valence electrons. The zero-order chi connectivity index (χ0) is 13.1. The first kappa shape index (κ1) is 13.3. The van der Waals surface area contributed by atoms with E-state index in [0.29, 0.717) is 11.0 Å². The molecule has 1 aromatic heterocycles. The Hall–Kier alpha value is -1.12. The van der Waals surface area contributed by atoms with Crippen molar-refractivity contribution in [1.82, 2.24) is 19.9 Å². The molecule has 1 aromatic rings. The largest absolute Gasteiger partial charge is 0.481 e. The number of aromatic nitrogens is 2. The normalized spacial score (nSPS) is 22.2. The summed E-state index contributed by atoms with van der Waals surface area (Å²) in [5, 5.41) is 12.8. The standard InChI is InChI=1S/C10H16N4O3S/c1-13-3-4-14(2)7(5-13)9-11-10(17-12-9)18-6-8(15)16/h7H,3-6H2,1-2H3,(H,15,16). The first-order valence-electron chi connectivity index (χ1n) is 5.63. The minimum Gasteiger partial charge on any atom is -0.481 e. The van der Waals surface area contributed by atoms with Crippen LogP contribution < -0.4 is 0 Å². The van der Waals surface area contributed by atoms with E-state index in [1.165, 1.54) is 0 Å². The average molecular weight is 272 g/mol. The van der Waals surface area contributed by atoms with Crippen LogP contribution in [0.25, 0.3) is 0 Å². The molecule has 1 fully saturated rings. The molecule has 0 bridgehead atoms. The molecule has 0 saturated carbocycles. The maximum absolute atomic E-state index is 10.5. The van der Waals surface area contributed by atoms with Gasteiger partial charge in [0.2, 0.25) is 0 Å². The molecule has 1 saturated heterocycles. The number of rotatable bonds is 4. The van der Waals surface area contributed by atoms with Crippen LogP contribution in [-0.2, 0) is 4.79 Å². The quantitative estimate of drug-likeness (QED) is 0.776. The molecule has 0 radical (unpaired) electrons. The zero-order valence-electron chi connectivity index (χ0n) is 10.4. The van der Waals surface area contributed by atoms with Crippen LogP contribution in [0.4, 0.5) is 0 Å². The summed E-state index contributed by atoms with van der Waals surface area (Å²) < 4.78 is 5.05. The van der Waals surface area contributed by atoms with Crippen molar-refractivity contribution in [1.29, 1.82) is 0 Å². The smallest absolute Gasteiger partial charge is 0.314 e. The zero-order valence-corrected chi connectivity index (χ0v) is 11.2. The lowest BCUT2D eigenvalue weighted by molar-refractivity contribution is -0.133. The molecule has 2 heterocycles. The van der Waals surface area contributed by atoms with Gasteiger partial charge in [0.05, 0.1) is 6.04 Å². The van der Waals surface area contributed by atoms with Crippen LogP contribution >= 0.6 is 11.8 Å². The molecule has 1 unspecified atom stereocenters. The summed E-state index contributed by atoms with van der Waals surface area (Å²) >= 11 is 1.04. The minimum atomic E-state index is -0.894. The second-order valence-corrected chi connectivity index (χ2v) is 5.29. The predicted molar refractivity (Wildman–Crippen MR) is 65.5 cm³/mol. The van der Waals surface area contributed by atoms with E-state index in [0.717, 1.165) is 31.4 Å². The number of carboxylic acids is 1. The van der Waals surface area contributed by atoms with Gasteiger partial charge in [-0.1, -0.05) is 16.9 Å². The van der Waals surface area contributed by atoms with E-state index >= 15 is 0 Å². The SMILES string of the molecule is CN1CCN(C)C(c2noc(SCC(=O)O)n2)C1. The number of hydrogen-bond acceptors (Lipinski definition) is 7. The first-order chi connectivity index (χ1) is 8.56.